The van der Waals surface area contributed by atoms with Gasteiger partial charge in [-0.15, -0.1) is 0 Å². The van der Waals surface area contributed by atoms with Crippen LogP contribution in [0.15, 0.2) is 12.1 Å². The van der Waals surface area contributed by atoms with Gasteiger partial charge in [-0.1, -0.05) is 44.0 Å². The highest BCUT2D eigenvalue weighted by Crippen LogP contribution is 2.34. The molecular formula is C10H13BCl2O2. The van der Waals surface area contributed by atoms with Crippen LogP contribution < -0.4 is 5.46 Å². The maximum absolute atomic E-state index is 9.00. The van der Waals surface area contributed by atoms with Gasteiger partial charge < -0.3 is 10.0 Å². The maximum atomic E-state index is 9.00. The van der Waals surface area contributed by atoms with E-state index >= 15 is 0 Å². The monoisotopic (exact) mass is 246 g/mol. The molecule has 0 unspecified atom stereocenters. The predicted molar refractivity (Wildman–Crippen MR) is 65.0 cm³/mol. The fourth-order valence-electron chi connectivity index (χ4n) is 1.46. The number of halogens is 2. The minimum atomic E-state index is -1.55. The Morgan fingerprint density at radius 3 is 1.73 bits per heavy atom. The zero-order chi connectivity index (χ0) is 11.8. The summed E-state index contributed by atoms with van der Waals surface area (Å²) in [6.45, 7) is 5.99. The summed E-state index contributed by atoms with van der Waals surface area (Å²) in [6, 6.07) is 3.05. The van der Waals surface area contributed by atoms with Crippen molar-refractivity contribution in [3.05, 3.63) is 27.7 Å². The summed E-state index contributed by atoms with van der Waals surface area (Å²) in [5.41, 5.74) is 0.945. The molecule has 0 spiro atoms. The van der Waals surface area contributed by atoms with E-state index in [9.17, 15) is 0 Å². The SMILES string of the molecule is CC(C)(C)c1c(Cl)cc(B(O)O)cc1Cl. The molecule has 1 rings (SSSR count). The first-order valence-corrected chi connectivity index (χ1v) is 5.34. The minimum Gasteiger partial charge on any atom is -0.423 e. The van der Waals surface area contributed by atoms with Crippen molar-refractivity contribution < 1.29 is 10.0 Å². The molecule has 0 amide bonds. The normalized spacial score (nSPS) is 11.7. The summed E-state index contributed by atoms with van der Waals surface area (Å²) >= 11 is 12.1. The quantitative estimate of drug-likeness (QED) is 0.744. The second-order valence-corrected chi connectivity index (χ2v) is 5.30. The topological polar surface area (TPSA) is 40.5 Å². The fourth-order valence-corrected chi connectivity index (χ4v) is 2.53. The molecule has 0 bridgehead atoms. The first-order chi connectivity index (χ1) is 6.73. The minimum absolute atomic E-state index is 0.174. The second kappa shape index (κ2) is 4.34. The van der Waals surface area contributed by atoms with E-state index in [0.717, 1.165) is 5.56 Å². The molecule has 0 fully saturated rings. The maximum Gasteiger partial charge on any atom is 0.488 e. The Morgan fingerprint density at radius 2 is 1.47 bits per heavy atom. The van der Waals surface area contributed by atoms with Gasteiger partial charge in [-0.3, -0.25) is 0 Å². The zero-order valence-electron chi connectivity index (χ0n) is 8.88. The van der Waals surface area contributed by atoms with E-state index in [1.807, 2.05) is 20.8 Å². The Bertz CT molecular complexity index is 349. The van der Waals surface area contributed by atoms with Crippen molar-refractivity contribution in [3.8, 4) is 0 Å². The molecule has 82 valence electrons. The van der Waals surface area contributed by atoms with Gasteiger partial charge in [0.05, 0.1) is 0 Å². The fraction of sp³-hybridized carbons (Fsp3) is 0.400. The Balaban J connectivity index is 3.34. The molecular weight excluding hydrogens is 234 g/mol. The largest absolute Gasteiger partial charge is 0.488 e. The van der Waals surface area contributed by atoms with E-state index in [1.54, 1.807) is 0 Å². The number of benzene rings is 1. The molecule has 0 aliphatic rings. The lowest BCUT2D eigenvalue weighted by Crippen LogP contribution is -2.30. The van der Waals surface area contributed by atoms with Crippen LogP contribution in [0.1, 0.15) is 26.3 Å². The van der Waals surface area contributed by atoms with Crippen LogP contribution >= 0.6 is 23.2 Å². The Hall–Kier alpha value is -0.215. The van der Waals surface area contributed by atoms with Crippen LogP contribution in [0.25, 0.3) is 0 Å². The van der Waals surface area contributed by atoms with Gasteiger partial charge in [0, 0.05) is 10.0 Å². The van der Waals surface area contributed by atoms with Crippen LogP contribution in [-0.4, -0.2) is 17.2 Å². The van der Waals surface area contributed by atoms with Gasteiger partial charge in [0.2, 0.25) is 0 Å². The molecule has 0 heterocycles. The molecule has 0 radical (unpaired) electrons. The lowest BCUT2D eigenvalue weighted by Gasteiger charge is -2.22. The third-order valence-electron chi connectivity index (χ3n) is 2.11. The Morgan fingerprint density at radius 1 is 1.07 bits per heavy atom. The summed E-state index contributed by atoms with van der Waals surface area (Å²) in [5.74, 6) is 0. The Labute approximate surface area is 100.0 Å². The summed E-state index contributed by atoms with van der Waals surface area (Å²) in [5, 5.41) is 18.9. The van der Waals surface area contributed by atoms with Crippen LogP contribution in [0, 0.1) is 0 Å². The van der Waals surface area contributed by atoms with Crippen molar-refractivity contribution in [1.82, 2.24) is 0 Å². The van der Waals surface area contributed by atoms with Crippen molar-refractivity contribution in [2.75, 3.05) is 0 Å². The van der Waals surface area contributed by atoms with E-state index in [1.165, 1.54) is 12.1 Å². The molecule has 15 heavy (non-hydrogen) atoms. The Kier molecular flexibility index (Phi) is 3.72. The lowest BCUT2D eigenvalue weighted by atomic mass is 9.77. The number of hydrogen-bond donors (Lipinski definition) is 2. The molecule has 0 saturated heterocycles. The summed E-state index contributed by atoms with van der Waals surface area (Å²) in [6.07, 6.45) is 0. The van der Waals surface area contributed by atoms with Gasteiger partial charge in [0.1, 0.15) is 0 Å². The highest BCUT2D eigenvalue weighted by molar-refractivity contribution is 6.59. The van der Waals surface area contributed by atoms with Gasteiger partial charge in [-0.2, -0.15) is 0 Å². The van der Waals surface area contributed by atoms with Crippen LogP contribution in [0.3, 0.4) is 0 Å². The number of hydrogen-bond acceptors (Lipinski definition) is 2. The average Bonchev–Trinajstić information content (AvgIpc) is 1.99. The van der Waals surface area contributed by atoms with Gasteiger partial charge in [0.25, 0.3) is 0 Å². The van der Waals surface area contributed by atoms with Crippen molar-refractivity contribution in [3.63, 3.8) is 0 Å². The average molecular weight is 247 g/mol. The van der Waals surface area contributed by atoms with Gasteiger partial charge in [-0.05, 0) is 28.6 Å². The van der Waals surface area contributed by atoms with E-state index in [-0.39, 0.29) is 5.41 Å². The highest BCUT2D eigenvalue weighted by atomic mass is 35.5. The summed E-state index contributed by atoms with van der Waals surface area (Å²) in [7, 11) is -1.55. The first-order valence-electron chi connectivity index (χ1n) is 4.59. The summed E-state index contributed by atoms with van der Waals surface area (Å²) in [4.78, 5) is 0. The number of rotatable bonds is 1. The summed E-state index contributed by atoms with van der Waals surface area (Å²) < 4.78 is 0. The van der Waals surface area contributed by atoms with Gasteiger partial charge in [-0.25, -0.2) is 0 Å². The van der Waals surface area contributed by atoms with Crippen LogP contribution in [0.2, 0.25) is 10.0 Å². The van der Waals surface area contributed by atoms with Crippen molar-refractivity contribution in [2.45, 2.75) is 26.2 Å². The molecule has 2 N–H and O–H groups in total. The third kappa shape index (κ3) is 2.88. The first kappa shape index (κ1) is 12.9. The molecule has 0 aromatic heterocycles. The molecule has 1 aromatic rings. The smallest absolute Gasteiger partial charge is 0.423 e. The highest BCUT2D eigenvalue weighted by Gasteiger charge is 2.23. The van der Waals surface area contributed by atoms with E-state index in [4.69, 9.17) is 33.2 Å². The van der Waals surface area contributed by atoms with E-state index in [2.05, 4.69) is 0 Å². The predicted octanol–water partition coefficient (Wildman–Crippen LogP) is 1.97. The lowest BCUT2D eigenvalue weighted by molar-refractivity contribution is 0.425. The molecule has 0 aliphatic carbocycles. The van der Waals surface area contributed by atoms with Crippen LogP contribution in [-0.2, 0) is 5.41 Å². The van der Waals surface area contributed by atoms with E-state index < -0.39 is 7.12 Å². The van der Waals surface area contributed by atoms with Crippen molar-refractivity contribution in [2.24, 2.45) is 0 Å². The van der Waals surface area contributed by atoms with Gasteiger partial charge >= 0.3 is 7.12 Å². The molecule has 2 nitrogen and oxygen atoms in total. The van der Waals surface area contributed by atoms with Crippen molar-refractivity contribution >= 4 is 35.8 Å². The van der Waals surface area contributed by atoms with Crippen molar-refractivity contribution in [1.29, 1.82) is 0 Å². The third-order valence-corrected chi connectivity index (χ3v) is 2.71. The zero-order valence-corrected chi connectivity index (χ0v) is 10.4. The van der Waals surface area contributed by atoms with Gasteiger partial charge in [0.15, 0.2) is 0 Å². The molecule has 5 heteroatoms. The molecule has 1 aromatic carbocycles. The van der Waals surface area contributed by atoms with Crippen LogP contribution in [0.4, 0.5) is 0 Å². The van der Waals surface area contributed by atoms with E-state index in [0.29, 0.717) is 15.5 Å². The second-order valence-electron chi connectivity index (χ2n) is 4.48. The molecule has 0 aliphatic heterocycles. The van der Waals surface area contributed by atoms with Crippen LogP contribution in [0.5, 0.6) is 0 Å². The molecule has 0 atom stereocenters. The standard InChI is InChI=1S/C10H13BCl2O2/c1-10(2,3)9-7(12)4-6(11(14)15)5-8(9)13/h4-5,14-15H,1-3H3. The molecule has 0 saturated carbocycles.